The van der Waals surface area contributed by atoms with E-state index in [-0.39, 0.29) is 5.54 Å². The van der Waals surface area contributed by atoms with Crippen LogP contribution in [0.1, 0.15) is 26.6 Å². The van der Waals surface area contributed by atoms with Crippen molar-refractivity contribution < 1.29 is 0 Å². The number of benzene rings is 1. The number of hydrogen-bond acceptors (Lipinski definition) is 3. The molecule has 1 aromatic carbocycles. The van der Waals surface area contributed by atoms with Crippen molar-refractivity contribution in [3.8, 4) is 6.07 Å². The Morgan fingerprint density at radius 2 is 2.10 bits per heavy atom. The van der Waals surface area contributed by atoms with Gasteiger partial charge in [0.05, 0.1) is 23.5 Å². The third kappa shape index (κ3) is 3.93. The van der Waals surface area contributed by atoms with Gasteiger partial charge in [-0.1, -0.05) is 18.7 Å². The van der Waals surface area contributed by atoms with Crippen LogP contribution in [0.2, 0.25) is 0 Å². The van der Waals surface area contributed by atoms with Crippen molar-refractivity contribution >= 4 is 11.0 Å². The maximum absolute atomic E-state index is 8.98. The van der Waals surface area contributed by atoms with Gasteiger partial charge in [-0.05, 0) is 38.5 Å². The Morgan fingerprint density at radius 1 is 1.38 bits per heavy atom. The van der Waals surface area contributed by atoms with Crippen molar-refractivity contribution in [2.75, 3.05) is 6.54 Å². The van der Waals surface area contributed by atoms with E-state index in [1.54, 1.807) is 0 Å². The molecule has 0 atom stereocenters. The van der Waals surface area contributed by atoms with Gasteiger partial charge in [0.15, 0.2) is 0 Å². The molecule has 0 saturated carbocycles. The number of nitriles is 1. The van der Waals surface area contributed by atoms with Crippen LogP contribution in [0.15, 0.2) is 36.4 Å². The highest BCUT2D eigenvalue weighted by molar-refractivity contribution is 5.76. The highest BCUT2D eigenvalue weighted by Gasteiger charge is 2.13. The first-order chi connectivity index (χ1) is 9.90. The van der Waals surface area contributed by atoms with Gasteiger partial charge >= 0.3 is 0 Å². The molecule has 2 aromatic rings. The predicted octanol–water partition coefficient (Wildman–Crippen LogP) is 3.05. The fourth-order valence-corrected chi connectivity index (χ4v) is 2.18. The van der Waals surface area contributed by atoms with Gasteiger partial charge in [-0.2, -0.15) is 5.26 Å². The summed E-state index contributed by atoms with van der Waals surface area (Å²) in [4.78, 5) is 4.54. The van der Waals surface area contributed by atoms with Crippen molar-refractivity contribution in [3.05, 3.63) is 42.2 Å². The Hall–Kier alpha value is -2.12. The molecule has 4 nitrogen and oxygen atoms in total. The van der Waals surface area contributed by atoms with E-state index < -0.39 is 0 Å². The third-order valence-electron chi connectivity index (χ3n) is 3.22. The standard InChI is InChI=1S/C17H22N4/c1-13(11-19-17(2,3)4)12-21-15-8-6-5-7-14(15)20-16(21)9-10-18/h5-8,19H,1,9,11-12H2,2-4H3. The molecular weight excluding hydrogens is 260 g/mol. The first-order valence-electron chi connectivity index (χ1n) is 7.13. The molecule has 0 aliphatic rings. The lowest BCUT2D eigenvalue weighted by Crippen LogP contribution is -2.37. The molecule has 0 radical (unpaired) electrons. The fourth-order valence-electron chi connectivity index (χ4n) is 2.18. The normalized spacial score (nSPS) is 11.5. The molecule has 0 aliphatic heterocycles. The minimum Gasteiger partial charge on any atom is -0.323 e. The Kier molecular flexibility index (Phi) is 4.44. The molecule has 0 bridgehead atoms. The smallest absolute Gasteiger partial charge is 0.124 e. The van der Waals surface area contributed by atoms with Crippen molar-refractivity contribution in [2.45, 2.75) is 39.3 Å². The lowest BCUT2D eigenvalue weighted by molar-refractivity contribution is 0.440. The Balaban J connectivity index is 2.22. The van der Waals surface area contributed by atoms with Crippen LogP contribution in [0.5, 0.6) is 0 Å². The number of fused-ring (bicyclic) bond motifs is 1. The van der Waals surface area contributed by atoms with Crippen LogP contribution < -0.4 is 5.32 Å². The van der Waals surface area contributed by atoms with E-state index in [0.717, 1.165) is 29.0 Å². The number of nitrogens with one attached hydrogen (secondary N) is 1. The van der Waals surface area contributed by atoms with Gasteiger partial charge < -0.3 is 9.88 Å². The Morgan fingerprint density at radius 3 is 2.76 bits per heavy atom. The molecular formula is C17H22N4. The van der Waals surface area contributed by atoms with E-state index in [2.05, 4.69) is 48.3 Å². The molecule has 2 rings (SSSR count). The number of nitrogens with zero attached hydrogens (tertiary/aromatic N) is 3. The SMILES string of the molecule is C=C(CNC(C)(C)C)Cn1c(CC#N)nc2ccccc21. The summed E-state index contributed by atoms with van der Waals surface area (Å²) in [5.41, 5.74) is 3.13. The number of hydrogen-bond donors (Lipinski definition) is 1. The number of para-hydroxylation sites is 2. The average molecular weight is 282 g/mol. The lowest BCUT2D eigenvalue weighted by atomic mass is 10.1. The van der Waals surface area contributed by atoms with E-state index in [1.165, 1.54) is 0 Å². The van der Waals surface area contributed by atoms with Gasteiger partial charge in [0, 0.05) is 18.6 Å². The number of rotatable bonds is 5. The molecule has 0 aliphatic carbocycles. The van der Waals surface area contributed by atoms with Gasteiger partial charge in [0.2, 0.25) is 0 Å². The summed E-state index contributed by atoms with van der Waals surface area (Å²) in [5, 5.41) is 12.4. The van der Waals surface area contributed by atoms with Crippen LogP contribution in [0, 0.1) is 11.3 Å². The molecule has 1 heterocycles. The van der Waals surface area contributed by atoms with E-state index in [4.69, 9.17) is 5.26 Å². The molecule has 4 heteroatoms. The van der Waals surface area contributed by atoms with Gasteiger partial charge in [-0.3, -0.25) is 0 Å². The molecule has 0 fully saturated rings. The predicted molar refractivity (Wildman–Crippen MR) is 85.9 cm³/mol. The van der Waals surface area contributed by atoms with Crippen LogP contribution in [-0.4, -0.2) is 21.6 Å². The zero-order valence-corrected chi connectivity index (χ0v) is 13.0. The lowest BCUT2D eigenvalue weighted by Gasteiger charge is -2.21. The van der Waals surface area contributed by atoms with Gasteiger partial charge in [-0.25, -0.2) is 4.98 Å². The highest BCUT2D eigenvalue weighted by atomic mass is 15.1. The number of aromatic nitrogens is 2. The summed E-state index contributed by atoms with van der Waals surface area (Å²) >= 11 is 0. The summed E-state index contributed by atoms with van der Waals surface area (Å²) < 4.78 is 2.09. The summed E-state index contributed by atoms with van der Waals surface area (Å²) in [6.07, 6.45) is 0.314. The van der Waals surface area contributed by atoms with Crippen molar-refractivity contribution in [1.82, 2.24) is 14.9 Å². The second-order valence-electron chi connectivity index (χ2n) is 6.29. The molecule has 1 aromatic heterocycles. The maximum Gasteiger partial charge on any atom is 0.124 e. The van der Waals surface area contributed by atoms with E-state index in [1.807, 2.05) is 24.3 Å². The van der Waals surface area contributed by atoms with Crippen molar-refractivity contribution in [1.29, 1.82) is 5.26 Å². The van der Waals surface area contributed by atoms with Crippen molar-refractivity contribution in [3.63, 3.8) is 0 Å². The zero-order valence-electron chi connectivity index (χ0n) is 13.0. The minimum absolute atomic E-state index is 0.0649. The topological polar surface area (TPSA) is 53.6 Å². The fraction of sp³-hybridized carbons (Fsp3) is 0.412. The molecule has 21 heavy (non-hydrogen) atoms. The molecule has 110 valence electrons. The Bertz CT molecular complexity index is 683. The zero-order chi connectivity index (χ0) is 15.5. The van der Waals surface area contributed by atoms with Crippen LogP contribution in [-0.2, 0) is 13.0 Å². The van der Waals surface area contributed by atoms with Crippen LogP contribution in [0.4, 0.5) is 0 Å². The second-order valence-corrected chi connectivity index (χ2v) is 6.29. The van der Waals surface area contributed by atoms with Crippen LogP contribution >= 0.6 is 0 Å². The Labute approximate surface area is 126 Å². The van der Waals surface area contributed by atoms with Crippen molar-refractivity contribution in [2.24, 2.45) is 0 Å². The third-order valence-corrected chi connectivity index (χ3v) is 3.22. The summed E-state index contributed by atoms with van der Waals surface area (Å²) in [5.74, 6) is 0.801. The van der Waals surface area contributed by atoms with Gasteiger partial charge in [0.25, 0.3) is 0 Å². The molecule has 0 amide bonds. The maximum atomic E-state index is 8.98. The highest BCUT2D eigenvalue weighted by Crippen LogP contribution is 2.17. The molecule has 1 N–H and O–H groups in total. The molecule has 0 spiro atoms. The summed E-state index contributed by atoms with van der Waals surface area (Å²) in [6.45, 7) is 12.0. The minimum atomic E-state index is 0.0649. The van der Waals surface area contributed by atoms with E-state index >= 15 is 0 Å². The van der Waals surface area contributed by atoms with Gasteiger partial charge in [0.1, 0.15) is 5.82 Å². The molecule has 0 saturated heterocycles. The van der Waals surface area contributed by atoms with Gasteiger partial charge in [-0.15, -0.1) is 0 Å². The first-order valence-corrected chi connectivity index (χ1v) is 7.13. The summed E-state index contributed by atoms with van der Waals surface area (Å²) in [6, 6.07) is 10.2. The number of imidazole rings is 1. The largest absolute Gasteiger partial charge is 0.323 e. The first kappa shape index (κ1) is 15.3. The quantitative estimate of drug-likeness (QED) is 0.858. The summed E-state index contributed by atoms with van der Waals surface area (Å²) in [7, 11) is 0. The van der Waals surface area contributed by atoms with Crippen LogP contribution in [0.3, 0.4) is 0 Å². The van der Waals surface area contributed by atoms with Crippen LogP contribution in [0.25, 0.3) is 11.0 Å². The monoisotopic (exact) mass is 282 g/mol. The average Bonchev–Trinajstić information content (AvgIpc) is 2.75. The molecule has 0 unspecified atom stereocenters. The van der Waals surface area contributed by atoms with E-state index in [0.29, 0.717) is 13.0 Å². The second kappa shape index (κ2) is 6.11. The van der Waals surface area contributed by atoms with E-state index in [9.17, 15) is 0 Å².